The maximum atomic E-state index is 12.9. The Morgan fingerprint density at radius 1 is 1.31 bits per heavy atom. The molecule has 1 aliphatic rings. The van der Waals surface area contributed by atoms with Crippen molar-refractivity contribution in [2.75, 3.05) is 13.1 Å². The minimum atomic E-state index is -0.133. The molecule has 0 spiro atoms. The fourth-order valence-electron chi connectivity index (χ4n) is 3.50. The highest BCUT2D eigenvalue weighted by Gasteiger charge is 2.29. The predicted molar refractivity (Wildman–Crippen MR) is 102 cm³/mol. The molecule has 0 radical (unpaired) electrons. The van der Waals surface area contributed by atoms with Crippen LogP contribution >= 0.6 is 11.6 Å². The number of hydrogen-bond donors (Lipinski definition) is 0. The Bertz CT molecular complexity index is 792. The van der Waals surface area contributed by atoms with Crippen LogP contribution in [-0.4, -0.2) is 34.7 Å². The smallest absolute Gasteiger partial charge is 0.222 e. The van der Waals surface area contributed by atoms with E-state index in [1.807, 2.05) is 30.0 Å². The number of carbonyl (C=O) groups is 2. The predicted octanol–water partition coefficient (Wildman–Crippen LogP) is 4.10. The largest absolute Gasteiger partial charge is 0.342 e. The van der Waals surface area contributed by atoms with Crippen molar-refractivity contribution in [3.63, 3.8) is 0 Å². The van der Waals surface area contributed by atoms with E-state index in [1.54, 1.807) is 24.5 Å². The van der Waals surface area contributed by atoms with Crippen LogP contribution in [0.25, 0.3) is 0 Å². The number of rotatable bonds is 5. The van der Waals surface area contributed by atoms with E-state index in [1.165, 1.54) is 0 Å². The normalized spacial score (nSPS) is 17.2. The zero-order chi connectivity index (χ0) is 18.5. The van der Waals surface area contributed by atoms with Gasteiger partial charge >= 0.3 is 0 Å². The van der Waals surface area contributed by atoms with Crippen LogP contribution in [0.15, 0.2) is 42.7 Å². The fourth-order valence-corrected chi connectivity index (χ4v) is 3.72. The van der Waals surface area contributed by atoms with Crippen molar-refractivity contribution < 1.29 is 9.59 Å². The number of Topliss-reactive ketones (excluding diaryl/α,β-unsaturated/α-hetero) is 1. The molecule has 26 heavy (non-hydrogen) atoms. The van der Waals surface area contributed by atoms with Crippen molar-refractivity contribution in [1.29, 1.82) is 0 Å². The van der Waals surface area contributed by atoms with E-state index in [0.717, 1.165) is 30.5 Å². The number of hydrogen-bond acceptors (Lipinski definition) is 3. The molecule has 0 saturated carbocycles. The number of benzene rings is 1. The second-order valence-electron chi connectivity index (χ2n) is 6.86. The third-order valence-corrected chi connectivity index (χ3v) is 5.18. The minimum Gasteiger partial charge on any atom is -0.342 e. The van der Waals surface area contributed by atoms with Crippen molar-refractivity contribution in [1.82, 2.24) is 9.88 Å². The highest BCUT2D eigenvalue weighted by molar-refractivity contribution is 6.30. The van der Waals surface area contributed by atoms with Crippen LogP contribution in [0.2, 0.25) is 5.02 Å². The van der Waals surface area contributed by atoms with Gasteiger partial charge in [-0.2, -0.15) is 0 Å². The van der Waals surface area contributed by atoms with Crippen molar-refractivity contribution >= 4 is 23.3 Å². The van der Waals surface area contributed by atoms with E-state index >= 15 is 0 Å². The van der Waals surface area contributed by atoms with E-state index < -0.39 is 0 Å². The monoisotopic (exact) mass is 370 g/mol. The molecule has 2 heterocycles. The molecule has 1 aromatic heterocycles. The number of nitrogens with zero attached hydrogens (tertiary/aromatic N) is 2. The summed E-state index contributed by atoms with van der Waals surface area (Å²) in [4.78, 5) is 31.4. The van der Waals surface area contributed by atoms with Gasteiger partial charge in [0, 0.05) is 48.4 Å². The van der Waals surface area contributed by atoms with Gasteiger partial charge in [-0.05, 0) is 61.6 Å². The topological polar surface area (TPSA) is 50.3 Å². The van der Waals surface area contributed by atoms with Crippen molar-refractivity contribution in [3.05, 3.63) is 64.4 Å². The Balaban J connectivity index is 1.61. The SMILES string of the molecule is Cc1cc(Cl)ccc1C(=O)[C@@H]1CCCN(C(=O)CCc2cccnc2)C1. The lowest BCUT2D eigenvalue weighted by molar-refractivity contribution is -0.132. The summed E-state index contributed by atoms with van der Waals surface area (Å²) in [5.74, 6) is 0.0917. The van der Waals surface area contributed by atoms with E-state index in [-0.39, 0.29) is 17.6 Å². The lowest BCUT2D eigenvalue weighted by Crippen LogP contribution is -2.42. The molecule has 4 nitrogen and oxygen atoms in total. The first-order valence-corrected chi connectivity index (χ1v) is 9.39. The van der Waals surface area contributed by atoms with Crippen LogP contribution in [-0.2, 0) is 11.2 Å². The molecule has 0 bridgehead atoms. The average molecular weight is 371 g/mol. The molecule has 1 saturated heterocycles. The van der Waals surface area contributed by atoms with Crippen LogP contribution in [0.3, 0.4) is 0 Å². The van der Waals surface area contributed by atoms with E-state index in [0.29, 0.717) is 30.0 Å². The maximum absolute atomic E-state index is 12.9. The molecule has 1 fully saturated rings. The molecule has 0 N–H and O–H groups in total. The third-order valence-electron chi connectivity index (χ3n) is 4.95. The molecular weight excluding hydrogens is 348 g/mol. The summed E-state index contributed by atoms with van der Waals surface area (Å²) in [5.41, 5.74) is 2.66. The number of ketones is 1. The number of piperidine rings is 1. The van der Waals surface area contributed by atoms with Crippen molar-refractivity contribution in [2.24, 2.45) is 5.92 Å². The van der Waals surface area contributed by atoms with Gasteiger partial charge in [-0.15, -0.1) is 0 Å². The number of aromatic nitrogens is 1. The number of halogens is 1. The van der Waals surface area contributed by atoms with Gasteiger partial charge in [0.05, 0.1) is 0 Å². The Hall–Kier alpha value is -2.20. The summed E-state index contributed by atoms with van der Waals surface area (Å²) in [7, 11) is 0. The van der Waals surface area contributed by atoms with Crippen LogP contribution in [0.5, 0.6) is 0 Å². The fraction of sp³-hybridized carbons (Fsp3) is 0.381. The van der Waals surface area contributed by atoms with E-state index in [9.17, 15) is 9.59 Å². The Kier molecular flexibility index (Phi) is 6.04. The first-order chi connectivity index (χ1) is 12.5. The second kappa shape index (κ2) is 8.45. The number of likely N-dealkylation sites (tertiary alicyclic amines) is 1. The zero-order valence-electron chi connectivity index (χ0n) is 15.0. The summed E-state index contributed by atoms with van der Waals surface area (Å²) in [5, 5.41) is 0.634. The van der Waals surface area contributed by atoms with E-state index in [2.05, 4.69) is 4.98 Å². The zero-order valence-corrected chi connectivity index (χ0v) is 15.7. The first-order valence-electron chi connectivity index (χ1n) is 9.01. The van der Waals surface area contributed by atoms with Gasteiger partial charge < -0.3 is 4.90 Å². The van der Waals surface area contributed by atoms with Gasteiger partial charge in [0.1, 0.15) is 0 Å². The Morgan fingerprint density at radius 2 is 2.15 bits per heavy atom. The van der Waals surface area contributed by atoms with Gasteiger partial charge in [0.25, 0.3) is 0 Å². The first kappa shape index (κ1) is 18.6. The van der Waals surface area contributed by atoms with Gasteiger partial charge in [-0.3, -0.25) is 14.6 Å². The average Bonchev–Trinajstić information content (AvgIpc) is 2.66. The minimum absolute atomic E-state index is 0.110. The molecule has 2 aromatic rings. The molecule has 3 rings (SSSR count). The van der Waals surface area contributed by atoms with Crippen molar-refractivity contribution in [3.8, 4) is 0 Å². The van der Waals surface area contributed by atoms with Crippen LogP contribution in [0.4, 0.5) is 0 Å². The maximum Gasteiger partial charge on any atom is 0.222 e. The Morgan fingerprint density at radius 3 is 2.88 bits per heavy atom. The van der Waals surface area contributed by atoms with Crippen molar-refractivity contribution in [2.45, 2.75) is 32.6 Å². The number of amides is 1. The molecule has 1 aromatic carbocycles. The molecule has 0 aliphatic carbocycles. The molecule has 5 heteroatoms. The lowest BCUT2D eigenvalue weighted by atomic mass is 9.88. The molecule has 1 aliphatic heterocycles. The van der Waals surface area contributed by atoms with Gasteiger partial charge in [-0.1, -0.05) is 17.7 Å². The second-order valence-corrected chi connectivity index (χ2v) is 7.30. The molecule has 1 atom stereocenters. The van der Waals surface area contributed by atoms with Crippen LogP contribution < -0.4 is 0 Å². The standard InChI is InChI=1S/C21H23ClN2O2/c1-15-12-18(22)7-8-19(15)21(26)17-5-3-11-24(14-17)20(25)9-6-16-4-2-10-23-13-16/h2,4,7-8,10,12-13,17H,3,5-6,9,11,14H2,1H3/t17-/m1/s1. The number of carbonyl (C=O) groups excluding carboxylic acids is 2. The van der Waals surface area contributed by atoms with Crippen LogP contribution in [0, 0.1) is 12.8 Å². The number of pyridine rings is 1. The van der Waals surface area contributed by atoms with Crippen LogP contribution in [0.1, 0.15) is 40.7 Å². The lowest BCUT2D eigenvalue weighted by Gasteiger charge is -2.32. The molecule has 0 unspecified atom stereocenters. The summed E-state index contributed by atoms with van der Waals surface area (Å²) >= 11 is 5.99. The summed E-state index contributed by atoms with van der Waals surface area (Å²) in [6.45, 7) is 3.14. The molecule has 1 amide bonds. The summed E-state index contributed by atoms with van der Waals surface area (Å²) in [6.07, 6.45) is 6.34. The van der Waals surface area contributed by atoms with Gasteiger partial charge in [-0.25, -0.2) is 0 Å². The molecular formula is C21H23ClN2O2. The number of aryl methyl sites for hydroxylation is 2. The Labute approximate surface area is 159 Å². The molecule has 136 valence electrons. The highest BCUT2D eigenvalue weighted by atomic mass is 35.5. The third kappa shape index (κ3) is 4.50. The summed E-state index contributed by atoms with van der Waals surface area (Å²) in [6, 6.07) is 9.22. The van der Waals surface area contributed by atoms with Gasteiger partial charge in [0.15, 0.2) is 5.78 Å². The van der Waals surface area contributed by atoms with Gasteiger partial charge in [0.2, 0.25) is 5.91 Å². The van der Waals surface area contributed by atoms with E-state index in [4.69, 9.17) is 11.6 Å². The highest BCUT2D eigenvalue weighted by Crippen LogP contribution is 2.24. The summed E-state index contributed by atoms with van der Waals surface area (Å²) < 4.78 is 0. The quantitative estimate of drug-likeness (QED) is 0.744.